The van der Waals surface area contributed by atoms with Crippen molar-refractivity contribution < 1.29 is 14.0 Å². The number of aromatic amines is 1. The Labute approximate surface area is 180 Å². The van der Waals surface area contributed by atoms with Gasteiger partial charge in [-0.1, -0.05) is 24.3 Å². The maximum Gasteiger partial charge on any atom is 0.236 e. The van der Waals surface area contributed by atoms with E-state index in [-0.39, 0.29) is 17.4 Å². The first-order valence-corrected chi connectivity index (χ1v) is 11.0. The molecule has 0 aliphatic heterocycles. The SMILES string of the molecule is CC(=O)c1ccc(SCC(=O)Nc2nc(-c3c(C)[nH]c4ccccc34)cs2)c(F)c1. The highest BCUT2D eigenvalue weighted by Gasteiger charge is 2.15. The van der Waals surface area contributed by atoms with Crippen molar-refractivity contribution in [3.05, 3.63) is 64.9 Å². The molecule has 0 fully saturated rings. The number of anilines is 1. The lowest BCUT2D eigenvalue weighted by molar-refractivity contribution is -0.113. The van der Waals surface area contributed by atoms with E-state index >= 15 is 0 Å². The predicted molar refractivity (Wildman–Crippen MR) is 120 cm³/mol. The maximum atomic E-state index is 14.1. The number of nitrogens with one attached hydrogen (secondary N) is 2. The van der Waals surface area contributed by atoms with Crippen LogP contribution < -0.4 is 5.32 Å². The van der Waals surface area contributed by atoms with Gasteiger partial charge in [0.25, 0.3) is 0 Å². The zero-order valence-corrected chi connectivity index (χ0v) is 17.9. The van der Waals surface area contributed by atoms with Crippen LogP contribution in [0.1, 0.15) is 23.0 Å². The van der Waals surface area contributed by atoms with Gasteiger partial charge < -0.3 is 10.3 Å². The summed E-state index contributed by atoms with van der Waals surface area (Å²) in [7, 11) is 0. The van der Waals surface area contributed by atoms with Crippen LogP contribution in [0.4, 0.5) is 9.52 Å². The van der Waals surface area contributed by atoms with Crippen molar-refractivity contribution >= 4 is 50.8 Å². The van der Waals surface area contributed by atoms with Crippen LogP contribution in [-0.4, -0.2) is 27.4 Å². The molecule has 8 heteroatoms. The molecule has 0 aliphatic carbocycles. The number of hydrogen-bond acceptors (Lipinski definition) is 5. The van der Waals surface area contributed by atoms with Crippen LogP contribution in [0.3, 0.4) is 0 Å². The van der Waals surface area contributed by atoms with Crippen molar-refractivity contribution in [1.82, 2.24) is 9.97 Å². The fourth-order valence-corrected chi connectivity index (χ4v) is 4.63. The van der Waals surface area contributed by atoms with Crippen molar-refractivity contribution in [3.8, 4) is 11.3 Å². The molecule has 152 valence electrons. The second kappa shape index (κ2) is 8.41. The number of nitrogens with zero attached hydrogens (tertiary/aromatic N) is 1. The minimum Gasteiger partial charge on any atom is -0.358 e. The van der Waals surface area contributed by atoms with Crippen LogP contribution in [0.25, 0.3) is 22.2 Å². The largest absolute Gasteiger partial charge is 0.358 e. The molecular formula is C22H18FN3O2S2. The van der Waals surface area contributed by atoms with Crippen molar-refractivity contribution in [1.29, 1.82) is 0 Å². The number of amides is 1. The standard InChI is InChI=1S/C22H18FN3O2S2/c1-12-21(15-5-3-4-6-17(15)24-12)18-10-30-22(25-18)26-20(28)11-29-19-8-7-14(13(2)27)9-16(19)23/h3-10,24H,11H2,1-2H3,(H,25,26,28). The molecule has 2 N–H and O–H groups in total. The van der Waals surface area contributed by atoms with E-state index in [1.54, 1.807) is 6.07 Å². The number of rotatable bonds is 6. The van der Waals surface area contributed by atoms with Crippen LogP contribution >= 0.6 is 23.1 Å². The smallest absolute Gasteiger partial charge is 0.236 e. The highest BCUT2D eigenvalue weighted by molar-refractivity contribution is 8.00. The van der Waals surface area contributed by atoms with Gasteiger partial charge in [0.1, 0.15) is 5.82 Å². The number of ketones is 1. The van der Waals surface area contributed by atoms with Crippen molar-refractivity contribution in [2.45, 2.75) is 18.7 Å². The molecule has 0 atom stereocenters. The fraction of sp³-hybridized carbons (Fsp3) is 0.136. The molecule has 2 aromatic carbocycles. The van der Waals surface area contributed by atoms with Crippen LogP contribution in [0.5, 0.6) is 0 Å². The summed E-state index contributed by atoms with van der Waals surface area (Å²) < 4.78 is 14.1. The molecule has 4 aromatic rings. The highest BCUT2D eigenvalue weighted by Crippen LogP contribution is 2.34. The summed E-state index contributed by atoms with van der Waals surface area (Å²) in [5, 5.41) is 6.26. The molecule has 0 bridgehead atoms. The number of para-hydroxylation sites is 1. The number of aryl methyl sites for hydroxylation is 1. The molecule has 2 heterocycles. The lowest BCUT2D eigenvalue weighted by Gasteiger charge is -2.05. The number of fused-ring (bicyclic) bond motifs is 1. The quantitative estimate of drug-likeness (QED) is 0.300. The predicted octanol–water partition coefficient (Wildman–Crippen LogP) is 5.67. The number of hydrogen-bond donors (Lipinski definition) is 2. The summed E-state index contributed by atoms with van der Waals surface area (Å²) in [5.74, 6) is -0.941. The topological polar surface area (TPSA) is 74.8 Å². The van der Waals surface area contributed by atoms with Crippen LogP contribution in [-0.2, 0) is 4.79 Å². The number of H-pyrrole nitrogens is 1. The van der Waals surface area contributed by atoms with E-state index in [1.165, 1.54) is 30.4 Å². The molecule has 0 unspecified atom stereocenters. The number of benzene rings is 2. The third-order valence-electron chi connectivity index (χ3n) is 4.60. The van der Waals surface area contributed by atoms with E-state index in [2.05, 4.69) is 15.3 Å². The lowest BCUT2D eigenvalue weighted by Crippen LogP contribution is -2.14. The first-order valence-electron chi connectivity index (χ1n) is 9.18. The van der Waals surface area contributed by atoms with Gasteiger partial charge in [0.05, 0.1) is 11.4 Å². The molecule has 0 aliphatic rings. The molecule has 5 nitrogen and oxygen atoms in total. The molecule has 0 spiro atoms. The number of carbonyl (C=O) groups excluding carboxylic acids is 2. The summed E-state index contributed by atoms with van der Waals surface area (Å²) in [4.78, 5) is 31.8. The molecule has 2 aromatic heterocycles. The molecule has 1 amide bonds. The molecule has 0 saturated heterocycles. The second-order valence-corrected chi connectivity index (χ2v) is 8.62. The van der Waals surface area contributed by atoms with Crippen LogP contribution in [0, 0.1) is 12.7 Å². The fourth-order valence-electron chi connectivity index (χ4n) is 3.19. The van der Waals surface area contributed by atoms with E-state index in [1.807, 2.05) is 36.6 Å². The van der Waals surface area contributed by atoms with E-state index in [0.29, 0.717) is 15.6 Å². The number of carbonyl (C=O) groups is 2. The van der Waals surface area contributed by atoms with Crippen molar-refractivity contribution in [3.63, 3.8) is 0 Å². The van der Waals surface area contributed by atoms with E-state index in [4.69, 9.17) is 0 Å². The lowest BCUT2D eigenvalue weighted by atomic mass is 10.1. The Balaban J connectivity index is 1.43. The number of aromatic nitrogens is 2. The first kappa shape index (κ1) is 20.3. The summed E-state index contributed by atoms with van der Waals surface area (Å²) in [6.45, 7) is 3.38. The number of halogens is 1. The van der Waals surface area contributed by atoms with Gasteiger partial charge >= 0.3 is 0 Å². The molecular weight excluding hydrogens is 421 g/mol. The highest BCUT2D eigenvalue weighted by atomic mass is 32.2. The minimum atomic E-state index is -0.508. The molecule has 4 rings (SSSR count). The Morgan fingerprint density at radius 1 is 1.23 bits per heavy atom. The number of thioether (sulfide) groups is 1. The Morgan fingerprint density at radius 2 is 2.03 bits per heavy atom. The minimum absolute atomic E-state index is 0.0391. The normalized spacial score (nSPS) is 11.0. The molecule has 0 saturated carbocycles. The van der Waals surface area contributed by atoms with Gasteiger partial charge in [0, 0.05) is 38.0 Å². The Kier molecular flexibility index (Phi) is 5.69. The van der Waals surface area contributed by atoms with Gasteiger partial charge in [-0.05, 0) is 32.0 Å². The maximum absolute atomic E-state index is 14.1. The zero-order valence-electron chi connectivity index (χ0n) is 16.3. The zero-order chi connectivity index (χ0) is 21.3. The Bertz CT molecular complexity index is 1260. The van der Waals surface area contributed by atoms with Gasteiger partial charge in [-0.25, -0.2) is 9.37 Å². The summed E-state index contributed by atoms with van der Waals surface area (Å²) in [5.41, 5.74) is 4.18. The Hall–Kier alpha value is -2.97. The average molecular weight is 440 g/mol. The van der Waals surface area contributed by atoms with Gasteiger partial charge in [-0.3, -0.25) is 9.59 Å². The monoisotopic (exact) mass is 439 g/mol. The van der Waals surface area contributed by atoms with Crippen LogP contribution in [0.15, 0.2) is 52.7 Å². The summed E-state index contributed by atoms with van der Waals surface area (Å²) in [6.07, 6.45) is 0. The third kappa shape index (κ3) is 4.15. The van der Waals surface area contributed by atoms with Gasteiger partial charge in [0.15, 0.2) is 10.9 Å². The molecule has 30 heavy (non-hydrogen) atoms. The molecule has 0 radical (unpaired) electrons. The van der Waals surface area contributed by atoms with Gasteiger partial charge in [-0.2, -0.15) is 0 Å². The third-order valence-corrected chi connectivity index (χ3v) is 6.40. The van der Waals surface area contributed by atoms with Gasteiger partial charge in [-0.15, -0.1) is 23.1 Å². The second-order valence-electron chi connectivity index (χ2n) is 6.75. The van der Waals surface area contributed by atoms with Crippen molar-refractivity contribution in [2.75, 3.05) is 11.1 Å². The first-order chi connectivity index (χ1) is 14.4. The Morgan fingerprint density at radius 3 is 2.80 bits per heavy atom. The average Bonchev–Trinajstić information content (AvgIpc) is 3.29. The van der Waals surface area contributed by atoms with E-state index in [9.17, 15) is 14.0 Å². The van der Waals surface area contributed by atoms with Gasteiger partial charge in [0.2, 0.25) is 5.91 Å². The summed E-state index contributed by atoms with van der Waals surface area (Å²) >= 11 is 2.42. The number of Topliss-reactive ketones (excluding diaryl/α,β-unsaturated/α-hetero) is 1. The summed E-state index contributed by atoms with van der Waals surface area (Å²) in [6, 6.07) is 12.3. The van der Waals surface area contributed by atoms with Crippen LogP contribution in [0.2, 0.25) is 0 Å². The number of thiazole rings is 1. The van der Waals surface area contributed by atoms with E-state index < -0.39 is 5.82 Å². The van der Waals surface area contributed by atoms with E-state index in [0.717, 1.165) is 39.6 Å². The van der Waals surface area contributed by atoms with Crippen molar-refractivity contribution in [2.24, 2.45) is 0 Å².